The Kier molecular flexibility index (Phi) is 9.16. The maximum atomic E-state index is 12.4. The van der Waals surface area contributed by atoms with Crippen LogP contribution in [0.1, 0.15) is 18.1 Å². The highest BCUT2D eigenvalue weighted by atomic mass is 79.9. The first-order valence-corrected chi connectivity index (χ1v) is 9.49. The summed E-state index contributed by atoms with van der Waals surface area (Å²) >= 11 is 3.32. The molecule has 4 N–H and O–H groups in total. The molecule has 0 aliphatic rings. The number of para-hydroxylation sites is 1. The van der Waals surface area contributed by atoms with E-state index in [-0.39, 0.29) is 19.6 Å². The molecule has 2 aromatic carbocycles. The van der Waals surface area contributed by atoms with Crippen molar-refractivity contribution in [2.45, 2.75) is 12.5 Å². The van der Waals surface area contributed by atoms with E-state index in [1.807, 2.05) is 0 Å². The lowest BCUT2D eigenvalue weighted by molar-refractivity contribution is -0.124. The van der Waals surface area contributed by atoms with Crippen molar-refractivity contribution in [3.05, 3.63) is 70.7 Å². The third-order valence-electron chi connectivity index (χ3n) is 3.68. The van der Waals surface area contributed by atoms with Crippen LogP contribution in [-0.2, 0) is 9.53 Å². The zero-order valence-electron chi connectivity index (χ0n) is 15.4. The fraction of sp³-hybridized carbons (Fsp3) is 0.200. The molecule has 0 bridgehead atoms. The van der Waals surface area contributed by atoms with E-state index in [0.29, 0.717) is 17.0 Å². The lowest BCUT2D eigenvalue weighted by atomic mass is 10.0. The number of aliphatic hydroxyl groups is 1. The van der Waals surface area contributed by atoms with Crippen molar-refractivity contribution in [3.63, 3.8) is 0 Å². The van der Waals surface area contributed by atoms with Gasteiger partial charge in [0.1, 0.15) is 18.5 Å². The molecule has 154 valence electrons. The van der Waals surface area contributed by atoms with Gasteiger partial charge in [-0.05, 0) is 30.3 Å². The van der Waals surface area contributed by atoms with Crippen molar-refractivity contribution in [2.75, 3.05) is 18.5 Å². The highest BCUT2D eigenvalue weighted by Crippen LogP contribution is 2.31. The number of nitrogens with one attached hydrogen (secondary N) is 2. The summed E-state index contributed by atoms with van der Waals surface area (Å²) in [6.45, 7) is -0.0853. The van der Waals surface area contributed by atoms with Gasteiger partial charge >= 0.3 is 6.09 Å². The van der Waals surface area contributed by atoms with E-state index in [0.717, 1.165) is 10.5 Å². The van der Waals surface area contributed by atoms with Gasteiger partial charge in [-0.1, -0.05) is 40.2 Å². The van der Waals surface area contributed by atoms with Gasteiger partial charge in [0.05, 0.1) is 6.61 Å². The first-order valence-electron chi connectivity index (χ1n) is 8.70. The van der Waals surface area contributed by atoms with Crippen molar-refractivity contribution in [1.82, 2.24) is 5.48 Å². The fourth-order valence-electron chi connectivity index (χ4n) is 2.42. The van der Waals surface area contributed by atoms with Gasteiger partial charge in [0.2, 0.25) is 0 Å². The Morgan fingerprint density at radius 2 is 1.86 bits per heavy atom. The Balaban J connectivity index is 2.18. The van der Waals surface area contributed by atoms with Crippen molar-refractivity contribution in [2.24, 2.45) is 0 Å². The molecule has 0 fully saturated rings. The van der Waals surface area contributed by atoms with Crippen LogP contribution in [-0.4, -0.2) is 35.5 Å². The highest BCUT2D eigenvalue weighted by molar-refractivity contribution is 9.10. The van der Waals surface area contributed by atoms with Crippen LogP contribution < -0.4 is 15.5 Å². The third kappa shape index (κ3) is 7.57. The van der Waals surface area contributed by atoms with Crippen LogP contribution in [0.15, 0.2) is 65.2 Å². The van der Waals surface area contributed by atoms with Crippen LogP contribution in [0.5, 0.6) is 5.75 Å². The molecular formula is C20H21BrN2O6. The van der Waals surface area contributed by atoms with Gasteiger partial charge in [0.25, 0.3) is 5.91 Å². The zero-order valence-corrected chi connectivity index (χ0v) is 17.0. The van der Waals surface area contributed by atoms with Crippen LogP contribution in [0.4, 0.5) is 10.5 Å². The molecule has 9 heteroatoms. The first-order chi connectivity index (χ1) is 14.0. The number of halogens is 1. The summed E-state index contributed by atoms with van der Waals surface area (Å²) < 4.78 is 11.9. The van der Waals surface area contributed by atoms with Gasteiger partial charge in [0, 0.05) is 28.2 Å². The van der Waals surface area contributed by atoms with Crippen molar-refractivity contribution in [3.8, 4) is 5.75 Å². The van der Waals surface area contributed by atoms with Gasteiger partial charge in [-0.25, -0.2) is 10.3 Å². The monoisotopic (exact) mass is 464 g/mol. The molecule has 2 aromatic rings. The Morgan fingerprint density at radius 3 is 2.55 bits per heavy atom. The number of carbonyl (C=O) groups excluding carboxylic acids is 2. The van der Waals surface area contributed by atoms with Gasteiger partial charge in [0.15, 0.2) is 0 Å². The average Bonchev–Trinajstić information content (AvgIpc) is 2.73. The second-order valence-electron chi connectivity index (χ2n) is 5.75. The summed E-state index contributed by atoms with van der Waals surface area (Å²) in [6, 6.07) is 13.9. The SMILES string of the molecule is O=C(/C=C/C[C@H](OC(=O)Nc1ccc(Br)cc1)c1ccccc1OCCO)NO. The zero-order chi connectivity index (χ0) is 21.1. The molecule has 0 heterocycles. The molecule has 0 saturated heterocycles. The molecule has 0 saturated carbocycles. The number of amides is 2. The highest BCUT2D eigenvalue weighted by Gasteiger charge is 2.20. The summed E-state index contributed by atoms with van der Waals surface area (Å²) in [4.78, 5) is 23.6. The van der Waals surface area contributed by atoms with Crippen LogP contribution >= 0.6 is 15.9 Å². The van der Waals surface area contributed by atoms with Gasteiger partial charge in [-0.2, -0.15) is 0 Å². The number of hydrogen-bond acceptors (Lipinski definition) is 6. The van der Waals surface area contributed by atoms with Crippen LogP contribution in [0.2, 0.25) is 0 Å². The standard InChI is InChI=1S/C20H21BrN2O6/c21-14-8-10-15(11-9-14)22-20(26)29-18(6-3-7-19(25)23-27)16-4-1-2-5-17(16)28-13-12-24/h1-5,7-11,18,24,27H,6,12-13H2,(H,22,26)(H,23,25)/b7-3+/t18-/m0/s1. The van der Waals surface area contributed by atoms with E-state index < -0.39 is 18.1 Å². The molecule has 8 nitrogen and oxygen atoms in total. The number of rotatable bonds is 9. The quantitative estimate of drug-likeness (QED) is 0.256. The molecule has 2 rings (SSSR count). The Labute approximate surface area is 176 Å². The topological polar surface area (TPSA) is 117 Å². The number of hydrogen-bond donors (Lipinski definition) is 4. The molecule has 0 aliphatic carbocycles. The van der Waals surface area contributed by atoms with Crippen molar-refractivity contribution in [1.29, 1.82) is 0 Å². The molecule has 2 amide bonds. The van der Waals surface area contributed by atoms with Crippen molar-refractivity contribution >= 4 is 33.6 Å². The molecule has 1 atom stereocenters. The molecule has 0 aromatic heterocycles. The van der Waals surface area contributed by atoms with E-state index in [9.17, 15) is 9.59 Å². The molecular weight excluding hydrogens is 444 g/mol. The minimum Gasteiger partial charge on any atom is -0.491 e. The summed E-state index contributed by atoms with van der Waals surface area (Å²) in [5, 5.41) is 20.2. The van der Waals surface area contributed by atoms with E-state index in [1.54, 1.807) is 48.5 Å². The minimum atomic E-state index is -0.775. The van der Waals surface area contributed by atoms with Crippen LogP contribution in [0.3, 0.4) is 0 Å². The predicted molar refractivity (Wildman–Crippen MR) is 110 cm³/mol. The molecule has 0 spiro atoms. The fourth-order valence-corrected chi connectivity index (χ4v) is 2.68. The molecule has 29 heavy (non-hydrogen) atoms. The third-order valence-corrected chi connectivity index (χ3v) is 4.21. The molecule has 0 radical (unpaired) electrons. The van der Waals surface area contributed by atoms with Gasteiger partial charge < -0.3 is 14.6 Å². The summed E-state index contributed by atoms with van der Waals surface area (Å²) in [7, 11) is 0. The Bertz CT molecular complexity index is 841. The predicted octanol–water partition coefficient (Wildman–Crippen LogP) is 3.56. The number of benzene rings is 2. The summed E-state index contributed by atoms with van der Waals surface area (Å²) in [5.41, 5.74) is 2.62. The van der Waals surface area contributed by atoms with Crippen LogP contribution in [0, 0.1) is 0 Å². The number of anilines is 1. The first kappa shape index (κ1) is 22.4. The number of aliphatic hydroxyl groups excluding tert-OH is 1. The largest absolute Gasteiger partial charge is 0.491 e. The van der Waals surface area contributed by atoms with E-state index in [4.69, 9.17) is 19.8 Å². The Morgan fingerprint density at radius 1 is 1.14 bits per heavy atom. The van der Waals surface area contributed by atoms with E-state index in [2.05, 4.69) is 21.2 Å². The Hall–Kier alpha value is -2.88. The lowest BCUT2D eigenvalue weighted by Gasteiger charge is -2.20. The maximum absolute atomic E-state index is 12.4. The number of ether oxygens (including phenoxy) is 2. The van der Waals surface area contributed by atoms with Gasteiger partial charge in [-0.3, -0.25) is 15.3 Å². The van der Waals surface area contributed by atoms with Gasteiger partial charge in [-0.15, -0.1) is 0 Å². The number of carbonyl (C=O) groups is 2. The number of hydroxylamine groups is 1. The molecule has 0 aliphatic heterocycles. The van der Waals surface area contributed by atoms with E-state index >= 15 is 0 Å². The summed E-state index contributed by atoms with van der Waals surface area (Å²) in [5.74, 6) is -0.254. The second kappa shape index (κ2) is 11.8. The average molecular weight is 465 g/mol. The second-order valence-corrected chi connectivity index (χ2v) is 6.67. The normalized spacial score (nSPS) is 11.7. The smallest absolute Gasteiger partial charge is 0.412 e. The minimum absolute atomic E-state index is 0.0809. The summed E-state index contributed by atoms with van der Waals surface area (Å²) in [6.07, 6.45) is 1.28. The maximum Gasteiger partial charge on any atom is 0.412 e. The van der Waals surface area contributed by atoms with Crippen LogP contribution in [0.25, 0.3) is 0 Å². The van der Waals surface area contributed by atoms with E-state index in [1.165, 1.54) is 11.6 Å². The molecule has 0 unspecified atom stereocenters. The van der Waals surface area contributed by atoms with Crippen molar-refractivity contribution < 1.29 is 29.4 Å². The lowest BCUT2D eigenvalue weighted by Crippen LogP contribution is -2.18.